The van der Waals surface area contributed by atoms with Crippen LogP contribution in [0, 0.1) is 13.8 Å². The van der Waals surface area contributed by atoms with E-state index in [2.05, 4.69) is 10.2 Å². The summed E-state index contributed by atoms with van der Waals surface area (Å²) in [6.45, 7) is 4.00. The number of nitrogens with zero attached hydrogens (tertiary/aromatic N) is 2. The van der Waals surface area contributed by atoms with Crippen LogP contribution in [0.3, 0.4) is 0 Å². The zero-order valence-corrected chi connectivity index (χ0v) is 15.5. The van der Waals surface area contributed by atoms with Gasteiger partial charge < -0.3 is 9.15 Å². The van der Waals surface area contributed by atoms with Crippen molar-refractivity contribution >= 4 is 5.97 Å². The molecular formula is C23H18N2O3. The first-order valence-electron chi connectivity index (χ1n) is 8.89. The van der Waals surface area contributed by atoms with Crippen molar-refractivity contribution in [2.24, 2.45) is 0 Å². The first kappa shape index (κ1) is 17.7. The largest absolute Gasteiger partial charge is 0.423 e. The molecule has 0 aliphatic heterocycles. The number of benzene rings is 3. The van der Waals surface area contributed by atoms with Gasteiger partial charge >= 0.3 is 5.97 Å². The molecule has 0 atom stereocenters. The van der Waals surface area contributed by atoms with Gasteiger partial charge in [-0.15, -0.1) is 10.2 Å². The Bertz CT molecular complexity index is 1120. The Morgan fingerprint density at radius 2 is 1.43 bits per heavy atom. The summed E-state index contributed by atoms with van der Waals surface area (Å²) in [5, 5.41) is 8.17. The highest BCUT2D eigenvalue weighted by atomic mass is 16.5. The molecular weight excluding hydrogens is 352 g/mol. The second-order valence-corrected chi connectivity index (χ2v) is 6.49. The Morgan fingerprint density at radius 3 is 2.07 bits per heavy atom. The van der Waals surface area contributed by atoms with Crippen LogP contribution in [0.4, 0.5) is 0 Å². The highest BCUT2D eigenvalue weighted by Gasteiger charge is 2.13. The fourth-order valence-corrected chi connectivity index (χ4v) is 2.73. The zero-order chi connectivity index (χ0) is 19.5. The molecule has 0 saturated carbocycles. The molecule has 138 valence electrons. The molecule has 4 rings (SSSR count). The van der Waals surface area contributed by atoms with Crippen molar-refractivity contribution in [1.29, 1.82) is 0 Å². The molecule has 0 amide bonds. The molecule has 5 nitrogen and oxygen atoms in total. The molecule has 0 unspecified atom stereocenters. The van der Waals surface area contributed by atoms with Gasteiger partial charge in [-0.25, -0.2) is 4.79 Å². The van der Waals surface area contributed by atoms with E-state index in [9.17, 15) is 4.79 Å². The van der Waals surface area contributed by atoms with E-state index in [-0.39, 0.29) is 0 Å². The SMILES string of the molecule is Cc1ccc(OC(=O)c2ccc(-c3nnc(-c4ccccc4)o3)cc2)cc1C. The number of aryl methyl sites for hydroxylation is 2. The van der Waals surface area contributed by atoms with Crippen molar-refractivity contribution in [2.45, 2.75) is 13.8 Å². The van der Waals surface area contributed by atoms with E-state index < -0.39 is 5.97 Å². The van der Waals surface area contributed by atoms with Gasteiger partial charge in [-0.05, 0) is 73.5 Å². The number of esters is 1. The van der Waals surface area contributed by atoms with Gasteiger partial charge in [0.15, 0.2) is 0 Å². The maximum Gasteiger partial charge on any atom is 0.343 e. The van der Waals surface area contributed by atoms with Gasteiger partial charge in [-0.1, -0.05) is 24.3 Å². The number of ether oxygens (including phenoxy) is 1. The van der Waals surface area contributed by atoms with Crippen molar-refractivity contribution in [3.8, 4) is 28.7 Å². The first-order chi connectivity index (χ1) is 13.6. The summed E-state index contributed by atoms with van der Waals surface area (Å²) >= 11 is 0. The normalized spacial score (nSPS) is 10.6. The van der Waals surface area contributed by atoms with Crippen LogP contribution in [0.15, 0.2) is 77.2 Å². The van der Waals surface area contributed by atoms with Crippen molar-refractivity contribution in [3.05, 3.63) is 89.5 Å². The molecule has 0 saturated heterocycles. The third-order valence-electron chi connectivity index (χ3n) is 4.50. The van der Waals surface area contributed by atoms with Gasteiger partial charge in [0.2, 0.25) is 11.8 Å². The van der Waals surface area contributed by atoms with E-state index in [0.717, 1.165) is 22.3 Å². The Kier molecular flexibility index (Phi) is 4.72. The van der Waals surface area contributed by atoms with Crippen molar-refractivity contribution in [2.75, 3.05) is 0 Å². The third kappa shape index (κ3) is 3.69. The van der Waals surface area contributed by atoms with Crippen LogP contribution in [0.1, 0.15) is 21.5 Å². The van der Waals surface area contributed by atoms with Crippen LogP contribution in [-0.4, -0.2) is 16.2 Å². The number of carbonyl (C=O) groups excluding carboxylic acids is 1. The first-order valence-corrected chi connectivity index (χ1v) is 8.89. The van der Waals surface area contributed by atoms with Crippen LogP contribution >= 0.6 is 0 Å². The number of aromatic nitrogens is 2. The summed E-state index contributed by atoms with van der Waals surface area (Å²) in [4.78, 5) is 12.4. The summed E-state index contributed by atoms with van der Waals surface area (Å²) in [5.74, 6) is 0.966. The Hall–Kier alpha value is -3.73. The lowest BCUT2D eigenvalue weighted by atomic mass is 10.1. The molecule has 0 aliphatic carbocycles. The van der Waals surface area contributed by atoms with Gasteiger partial charge in [0.25, 0.3) is 0 Å². The van der Waals surface area contributed by atoms with Gasteiger partial charge in [0, 0.05) is 11.1 Å². The number of hydrogen-bond acceptors (Lipinski definition) is 5. The van der Waals surface area contributed by atoms with Crippen LogP contribution < -0.4 is 4.74 Å². The summed E-state index contributed by atoms with van der Waals surface area (Å²) in [6.07, 6.45) is 0. The van der Waals surface area contributed by atoms with Gasteiger partial charge in [0.1, 0.15) is 5.75 Å². The second kappa shape index (κ2) is 7.48. The van der Waals surface area contributed by atoms with Gasteiger partial charge in [-0.2, -0.15) is 0 Å². The van der Waals surface area contributed by atoms with E-state index in [1.807, 2.05) is 56.3 Å². The topological polar surface area (TPSA) is 65.2 Å². The van der Waals surface area contributed by atoms with E-state index in [1.54, 1.807) is 30.3 Å². The molecule has 0 bridgehead atoms. The molecule has 28 heavy (non-hydrogen) atoms. The van der Waals surface area contributed by atoms with E-state index in [1.165, 1.54) is 0 Å². The van der Waals surface area contributed by atoms with Crippen molar-refractivity contribution in [1.82, 2.24) is 10.2 Å². The minimum atomic E-state index is -0.412. The van der Waals surface area contributed by atoms with Crippen LogP contribution in [0.5, 0.6) is 5.75 Å². The fourth-order valence-electron chi connectivity index (χ4n) is 2.73. The summed E-state index contributed by atoms with van der Waals surface area (Å²) in [6, 6.07) is 22.0. The molecule has 0 radical (unpaired) electrons. The van der Waals surface area contributed by atoms with Crippen LogP contribution in [-0.2, 0) is 0 Å². The Balaban J connectivity index is 1.50. The minimum absolute atomic E-state index is 0.396. The van der Waals surface area contributed by atoms with E-state index >= 15 is 0 Å². The molecule has 4 aromatic rings. The lowest BCUT2D eigenvalue weighted by Crippen LogP contribution is -2.08. The summed E-state index contributed by atoms with van der Waals surface area (Å²) in [5.41, 5.74) is 4.27. The molecule has 1 heterocycles. The average molecular weight is 370 g/mol. The van der Waals surface area contributed by atoms with Gasteiger partial charge in [0.05, 0.1) is 5.56 Å². The maximum absolute atomic E-state index is 12.4. The fraction of sp³-hybridized carbons (Fsp3) is 0.0870. The molecule has 0 spiro atoms. The molecule has 0 N–H and O–H groups in total. The number of hydrogen-bond donors (Lipinski definition) is 0. The minimum Gasteiger partial charge on any atom is -0.423 e. The third-order valence-corrected chi connectivity index (χ3v) is 4.50. The monoisotopic (exact) mass is 370 g/mol. The number of rotatable bonds is 4. The quantitative estimate of drug-likeness (QED) is 0.363. The highest BCUT2D eigenvalue weighted by Crippen LogP contribution is 2.24. The Labute approximate surface area is 162 Å². The van der Waals surface area contributed by atoms with Crippen LogP contribution in [0.2, 0.25) is 0 Å². The summed E-state index contributed by atoms with van der Waals surface area (Å²) in [7, 11) is 0. The summed E-state index contributed by atoms with van der Waals surface area (Å²) < 4.78 is 11.2. The lowest BCUT2D eigenvalue weighted by molar-refractivity contribution is 0.0734. The smallest absolute Gasteiger partial charge is 0.343 e. The van der Waals surface area contributed by atoms with Gasteiger partial charge in [-0.3, -0.25) is 0 Å². The zero-order valence-electron chi connectivity index (χ0n) is 15.5. The number of carbonyl (C=O) groups is 1. The predicted octanol–water partition coefficient (Wildman–Crippen LogP) is 5.24. The predicted molar refractivity (Wildman–Crippen MR) is 106 cm³/mol. The molecule has 0 aliphatic rings. The molecule has 0 fully saturated rings. The maximum atomic E-state index is 12.4. The lowest BCUT2D eigenvalue weighted by Gasteiger charge is -2.07. The van der Waals surface area contributed by atoms with E-state index in [0.29, 0.717) is 23.1 Å². The Morgan fingerprint density at radius 1 is 0.786 bits per heavy atom. The molecule has 1 aromatic heterocycles. The van der Waals surface area contributed by atoms with Crippen LogP contribution in [0.25, 0.3) is 22.9 Å². The molecule has 5 heteroatoms. The highest BCUT2D eigenvalue weighted by molar-refractivity contribution is 5.91. The van der Waals surface area contributed by atoms with E-state index in [4.69, 9.17) is 9.15 Å². The van der Waals surface area contributed by atoms with Crippen molar-refractivity contribution < 1.29 is 13.9 Å². The standard InChI is InChI=1S/C23H18N2O3/c1-15-8-13-20(14-16(15)2)27-23(26)19-11-9-18(10-12-19)22-25-24-21(28-22)17-6-4-3-5-7-17/h3-14H,1-2H3. The molecule has 3 aromatic carbocycles. The average Bonchev–Trinajstić information content (AvgIpc) is 3.22. The second-order valence-electron chi connectivity index (χ2n) is 6.49. The van der Waals surface area contributed by atoms with Crippen molar-refractivity contribution in [3.63, 3.8) is 0 Å².